The number of aromatic nitrogens is 2. The highest BCUT2D eigenvalue weighted by atomic mass is 16.1. The molecule has 0 amide bonds. The van der Waals surface area contributed by atoms with Gasteiger partial charge in [-0.3, -0.25) is 9.59 Å². The van der Waals surface area contributed by atoms with Crippen molar-refractivity contribution in [2.24, 2.45) is 0 Å². The molecule has 2 heterocycles. The fourth-order valence-corrected chi connectivity index (χ4v) is 2.74. The van der Waals surface area contributed by atoms with Gasteiger partial charge in [-0.2, -0.15) is 5.10 Å². The standard InChI is InChI=1S/C17H19N3O2/c1-12-7-17(22)20(18-9-12)11-16(21)14-4-3-13-5-6-19(2)10-15(13)8-14/h3-4,7-9H,5-6,10-11H2,1-2H3. The quantitative estimate of drug-likeness (QED) is 0.804. The van der Waals surface area contributed by atoms with E-state index in [2.05, 4.69) is 17.0 Å². The third-order valence-corrected chi connectivity index (χ3v) is 4.03. The van der Waals surface area contributed by atoms with Crippen molar-refractivity contribution in [3.8, 4) is 0 Å². The molecular weight excluding hydrogens is 278 g/mol. The lowest BCUT2D eigenvalue weighted by atomic mass is 9.96. The number of likely N-dealkylation sites (N-methyl/N-ethyl adjacent to an activating group) is 1. The van der Waals surface area contributed by atoms with Crippen LogP contribution in [0.4, 0.5) is 0 Å². The number of rotatable bonds is 3. The van der Waals surface area contributed by atoms with E-state index in [4.69, 9.17) is 0 Å². The van der Waals surface area contributed by atoms with Crippen LogP contribution in [0.3, 0.4) is 0 Å². The van der Waals surface area contributed by atoms with E-state index >= 15 is 0 Å². The van der Waals surface area contributed by atoms with E-state index < -0.39 is 0 Å². The Balaban J connectivity index is 1.83. The molecule has 0 spiro atoms. The van der Waals surface area contributed by atoms with Crippen LogP contribution < -0.4 is 5.56 Å². The van der Waals surface area contributed by atoms with Crippen molar-refractivity contribution in [1.82, 2.24) is 14.7 Å². The maximum absolute atomic E-state index is 12.4. The molecule has 1 aromatic heterocycles. The summed E-state index contributed by atoms with van der Waals surface area (Å²) in [5, 5.41) is 4.02. The summed E-state index contributed by atoms with van der Waals surface area (Å²) in [6.45, 7) is 3.69. The summed E-state index contributed by atoms with van der Waals surface area (Å²) in [7, 11) is 2.08. The highest BCUT2D eigenvalue weighted by Crippen LogP contribution is 2.19. The van der Waals surface area contributed by atoms with E-state index in [1.807, 2.05) is 18.2 Å². The van der Waals surface area contributed by atoms with Crippen molar-refractivity contribution in [1.29, 1.82) is 0 Å². The zero-order chi connectivity index (χ0) is 15.7. The van der Waals surface area contributed by atoms with Crippen LogP contribution in [0.2, 0.25) is 0 Å². The molecule has 1 aliphatic heterocycles. The Kier molecular flexibility index (Phi) is 3.90. The van der Waals surface area contributed by atoms with Crippen LogP contribution in [-0.4, -0.2) is 34.1 Å². The van der Waals surface area contributed by atoms with Gasteiger partial charge in [-0.05, 0) is 43.1 Å². The average molecular weight is 297 g/mol. The Labute approximate surface area is 129 Å². The number of fused-ring (bicyclic) bond motifs is 1. The van der Waals surface area contributed by atoms with Crippen LogP contribution >= 0.6 is 0 Å². The molecule has 5 heteroatoms. The lowest BCUT2D eigenvalue weighted by molar-refractivity contribution is 0.0965. The van der Waals surface area contributed by atoms with E-state index in [9.17, 15) is 9.59 Å². The maximum atomic E-state index is 12.4. The monoisotopic (exact) mass is 297 g/mol. The summed E-state index contributed by atoms with van der Waals surface area (Å²) < 4.78 is 1.21. The molecule has 22 heavy (non-hydrogen) atoms. The Morgan fingerprint density at radius 3 is 2.86 bits per heavy atom. The Bertz CT molecular complexity index is 780. The molecular formula is C17H19N3O2. The van der Waals surface area contributed by atoms with E-state index in [1.54, 1.807) is 13.1 Å². The molecule has 0 unspecified atom stereocenters. The van der Waals surface area contributed by atoms with Gasteiger partial charge in [-0.15, -0.1) is 0 Å². The van der Waals surface area contributed by atoms with Crippen molar-refractivity contribution in [2.45, 2.75) is 26.4 Å². The molecule has 0 atom stereocenters. The number of carbonyl (C=O) groups is 1. The molecule has 0 saturated heterocycles. The summed E-state index contributed by atoms with van der Waals surface area (Å²) in [5.41, 5.74) is 3.70. The number of hydrogen-bond acceptors (Lipinski definition) is 4. The van der Waals surface area contributed by atoms with Crippen LogP contribution in [0.25, 0.3) is 0 Å². The first-order chi connectivity index (χ1) is 10.5. The van der Waals surface area contributed by atoms with Crippen LogP contribution in [-0.2, 0) is 19.5 Å². The van der Waals surface area contributed by atoms with Gasteiger partial charge in [0.15, 0.2) is 5.78 Å². The van der Waals surface area contributed by atoms with E-state index in [0.717, 1.165) is 25.1 Å². The molecule has 1 aliphatic rings. The van der Waals surface area contributed by atoms with Crippen molar-refractivity contribution in [3.05, 3.63) is 63.1 Å². The third kappa shape index (κ3) is 2.99. The highest BCUT2D eigenvalue weighted by molar-refractivity contribution is 5.96. The summed E-state index contributed by atoms with van der Waals surface area (Å²) in [6.07, 6.45) is 2.61. The lowest BCUT2D eigenvalue weighted by Crippen LogP contribution is -2.28. The van der Waals surface area contributed by atoms with Gasteiger partial charge >= 0.3 is 0 Å². The molecule has 2 aromatic rings. The first kappa shape index (κ1) is 14.7. The number of aryl methyl sites for hydroxylation is 1. The van der Waals surface area contributed by atoms with Gasteiger partial charge < -0.3 is 4.90 Å². The molecule has 0 N–H and O–H groups in total. The number of benzene rings is 1. The number of ketones is 1. The maximum Gasteiger partial charge on any atom is 0.267 e. The fraction of sp³-hybridized carbons (Fsp3) is 0.353. The highest BCUT2D eigenvalue weighted by Gasteiger charge is 2.16. The van der Waals surface area contributed by atoms with E-state index in [0.29, 0.717) is 5.56 Å². The van der Waals surface area contributed by atoms with Gasteiger partial charge in [0.2, 0.25) is 0 Å². The topological polar surface area (TPSA) is 55.2 Å². The Morgan fingerprint density at radius 1 is 1.27 bits per heavy atom. The normalized spacial score (nSPS) is 14.6. The molecule has 5 nitrogen and oxygen atoms in total. The summed E-state index contributed by atoms with van der Waals surface area (Å²) >= 11 is 0. The molecule has 0 fully saturated rings. The first-order valence-corrected chi connectivity index (χ1v) is 7.40. The molecule has 0 aliphatic carbocycles. The summed E-state index contributed by atoms with van der Waals surface area (Å²) in [4.78, 5) is 26.5. The zero-order valence-corrected chi connectivity index (χ0v) is 12.9. The summed E-state index contributed by atoms with van der Waals surface area (Å²) in [5.74, 6) is -0.0884. The van der Waals surface area contributed by atoms with Crippen molar-refractivity contribution in [3.63, 3.8) is 0 Å². The lowest BCUT2D eigenvalue weighted by Gasteiger charge is -2.25. The molecule has 3 rings (SSSR count). The second-order valence-corrected chi connectivity index (χ2v) is 5.92. The van der Waals surface area contributed by atoms with Gasteiger partial charge in [0.1, 0.15) is 6.54 Å². The first-order valence-electron chi connectivity index (χ1n) is 7.40. The average Bonchev–Trinajstić information content (AvgIpc) is 2.49. The van der Waals surface area contributed by atoms with Gasteiger partial charge in [-0.1, -0.05) is 12.1 Å². The molecule has 0 saturated carbocycles. The predicted octanol–water partition coefficient (Wildman–Crippen LogP) is 1.42. The van der Waals surface area contributed by atoms with Crippen molar-refractivity contribution < 1.29 is 4.79 Å². The van der Waals surface area contributed by atoms with E-state index in [-0.39, 0.29) is 17.9 Å². The van der Waals surface area contributed by atoms with Gasteiger partial charge in [0.05, 0.1) is 6.20 Å². The van der Waals surface area contributed by atoms with Gasteiger partial charge in [0, 0.05) is 24.7 Å². The van der Waals surface area contributed by atoms with Crippen LogP contribution in [0, 0.1) is 6.92 Å². The minimum absolute atomic E-state index is 0.0201. The van der Waals surface area contributed by atoms with Crippen molar-refractivity contribution >= 4 is 5.78 Å². The van der Waals surface area contributed by atoms with Gasteiger partial charge in [0.25, 0.3) is 5.56 Å². The zero-order valence-electron chi connectivity index (χ0n) is 12.9. The minimum atomic E-state index is -0.244. The molecule has 0 radical (unpaired) electrons. The SMILES string of the molecule is Cc1cnn(CC(=O)c2ccc3c(c2)CN(C)CC3)c(=O)c1. The smallest absolute Gasteiger partial charge is 0.267 e. The second kappa shape index (κ2) is 5.85. The van der Waals surface area contributed by atoms with Crippen LogP contribution in [0.15, 0.2) is 35.3 Å². The second-order valence-electron chi connectivity index (χ2n) is 5.92. The van der Waals surface area contributed by atoms with Crippen LogP contribution in [0.1, 0.15) is 27.0 Å². The Hall–Kier alpha value is -2.27. The molecule has 1 aromatic carbocycles. The van der Waals surface area contributed by atoms with Gasteiger partial charge in [-0.25, -0.2) is 4.68 Å². The summed E-state index contributed by atoms with van der Waals surface area (Å²) in [6, 6.07) is 7.32. The number of Topliss-reactive ketones (excluding diaryl/α,β-unsaturated/α-hetero) is 1. The Morgan fingerprint density at radius 2 is 2.09 bits per heavy atom. The minimum Gasteiger partial charge on any atom is -0.302 e. The number of nitrogens with zero attached hydrogens (tertiary/aromatic N) is 3. The van der Waals surface area contributed by atoms with Crippen LogP contribution in [0.5, 0.6) is 0 Å². The van der Waals surface area contributed by atoms with Crippen molar-refractivity contribution in [2.75, 3.05) is 13.6 Å². The fourth-order valence-electron chi connectivity index (χ4n) is 2.74. The third-order valence-electron chi connectivity index (χ3n) is 4.03. The number of hydrogen-bond donors (Lipinski definition) is 0. The predicted molar refractivity (Wildman–Crippen MR) is 84.0 cm³/mol. The molecule has 114 valence electrons. The van der Waals surface area contributed by atoms with E-state index in [1.165, 1.54) is 21.9 Å². The largest absolute Gasteiger partial charge is 0.302 e. The molecule has 0 bridgehead atoms. The number of carbonyl (C=O) groups excluding carboxylic acids is 1.